The zero-order valence-corrected chi connectivity index (χ0v) is 10.2. The standard InChI is InChI=1S/C13H14F2N2O/c1-13(2,18)8-17-7-9(6-16-17)12-10(14)4-3-5-11(12)15/h3-7,18H,8H2,1-2H3. The Morgan fingerprint density at radius 3 is 2.44 bits per heavy atom. The lowest BCUT2D eigenvalue weighted by atomic mass is 10.1. The van der Waals surface area contributed by atoms with Crippen molar-refractivity contribution in [2.45, 2.75) is 26.0 Å². The second-order valence-corrected chi connectivity index (χ2v) is 4.84. The number of nitrogens with zero attached hydrogens (tertiary/aromatic N) is 2. The largest absolute Gasteiger partial charge is 0.389 e. The molecule has 2 aromatic rings. The van der Waals surface area contributed by atoms with Gasteiger partial charge in [0.05, 0.1) is 23.9 Å². The van der Waals surface area contributed by atoms with E-state index in [0.717, 1.165) is 0 Å². The molecule has 0 spiro atoms. The van der Waals surface area contributed by atoms with Crippen LogP contribution in [-0.2, 0) is 6.54 Å². The monoisotopic (exact) mass is 252 g/mol. The highest BCUT2D eigenvalue weighted by atomic mass is 19.1. The molecule has 0 aliphatic carbocycles. The second-order valence-electron chi connectivity index (χ2n) is 4.84. The van der Waals surface area contributed by atoms with E-state index in [1.54, 1.807) is 13.8 Å². The first kappa shape index (κ1) is 12.7. The molecule has 0 aliphatic rings. The van der Waals surface area contributed by atoms with Crippen molar-refractivity contribution in [2.75, 3.05) is 0 Å². The van der Waals surface area contributed by atoms with Crippen molar-refractivity contribution in [3.05, 3.63) is 42.2 Å². The molecule has 0 atom stereocenters. The van der Waals surface area contributed by atoms with Crippen molar-refractivity contribution in [1.29, 1.82) is 0 Å². The van der Waals surface area contributed by atoms with E-state index in [1.165, 1.54) is 35.3 Å². The van der Waals surface area contributed by atoms with Gasteiger partial charge in [-0.05, 0) is 26.0 Å². The van der Waals surface area contributed by atoms with E-state index in [1.807, 2.05) is 0 Å². The molecule has 0 unspecified atom stereocenters. The number of aromatic nitrogens is 2. The number of hydrogen-bond donors (Lipinski definition) is 1. The molecule has 1 aromatic heterocycles. The molecule has 5 heteroatoms. The second kappa shape index (κ2) is 4.49. The van der Waals surface area contributed by atoms with Gasteiger partial charge in [0, 0.05) is 11.8 Å². The van der Waals surface area contributed by atoms with Crippen molar-refractivity contribution in [2.24, 2.45) is 0 Å². The van der Waals surface area contributed by atoms with Crippen LogP contribution in [0.4, 0.5) is 8.78 Å². The fourth-order valence-corrected chi connectivity index (χ4v) is 1.75. The molecule has 96 valence electrons. The van der Waals surface area contributed by atoms with Gasteiger partial charge in [0.1, 0.15) is 11.6 Å². The zero-order valence-electron chi connectivity index (χ0n) is 10.2. The molecular formula is C13H14F2N2O. The van der Waals surface area contributed by atoms with Crippen molar-refractivity contribution in [3.63, 3.8) is 0 Å². The quantitative estimate of drug-likeness (QED) is 0.911. The Labute approximate surface area is 104 Å². The zero-order chi connectivity index (χ0) is 13.3. The molecule has 0 aliphatic heterocycles. The summed E-state index contributed by atoms with van der Waals surface area (Å²) in [4.78, 5) is 0. The molecule has 3 nitrogen and oxygen atoms in total. The average Bonchev–Trinajstić information content (AvgIpc) is 2.63. The minimum atomic E-state index is -0.933. The van der Waals surface area contributed by atoms with E-state index in [-0.39, 0.29) is 12.1 Å². The average molecular weight is 252 g/mol. The highest BCUT2D eigenvalue weighted by molar-refractivity contribution is 5.63. The van der Waals surface area contributed by atoms with Crippen LogP contribution in [0.2, 0.25) is 0 Å². The normalized spacial score (nSPS) is 11.8. The molecule has 0 bridgehead atoms. The van der Waals surface area contributed by atoms with E-state index >= 15 is 0 Å². The molecule has 1 heterocycles. The lowest BCUT2D eigenvalue weighted by molar-refractivity contribution is 0.0577. The highest BCUT2D eigenvalue weighted by Crippen LogP contribution is 2.25. The lowest BCUT2D eigenvalue weighted by Gasteiger charge is -2.16. The molecule has 18 heavy (non-hydrogen) atoms. The van der Waals surface area contributed by atoms with Crippen LogP contribution in [0.15, 0.2) is 30.6 Å². The Hall–Kier alpha value is -1.75. The number of rotatable bonds is 3. The van der Waals surface area contributed by atoms with E-state index < -0.39 is 17.2 Å². The summed E-state index contributed by atoms with van der Waals surface area (Å²) in [5.41, 5.74) is -0.675. The Bertz CT molecular complexity index is 538. The van der Waals surface area contributed by atoms with Crippen LogP contribution in [0.5, 0.6) is 0 Å². The maximum absolute atomic E-state index is 13.6. The summed E-state index contributed by atoms with van der Waals surface area (Å²) in [7, 11) is 0. The highest BCUT2D eigenvalue weighted by Gasteiger charge is 2.16. The van der Waals surface area contributed by atoms with Gasteiger partial charge in [-0.3, -0.25) is 4.68 Å². The summed E-state index contributed by atoms with van der Waals surface area (Å²) in [5, 5.41) is 13.6. The van der Waals surface area contributed by atoms with E-state index in [9.17, 15) is 13.9 Å². The Kier molecular flexibility index (Phi) is 3.17. The van der Waals surface area contributed by atoms with Gasteiger partial charge >= 0.3 is 0 Å². The van der Waals surface area contributed by atoms with Gasteiger partial charge in [0.15, 0.2) is 0 Å². The molecule has 0 fully saturated rings. The van der Waals surface area contributed by atoms with Gasteiger partial charge in [-0.1, -0.05) is 6.07 Å². The summed E-state index contributed by atoms with van der Waals surface area (Å²) < 4.78 is 28.6. The topological polar surface area (TPSA) is 38.0 Å². The fourth-order valence-electron chi connectivity index (χ4n) is 1.75. The van der Waals surface area contributed by atoms with Gasteiger partial charge in [-0.15, -0.1) is 0 Å². The summed E-state index contributed by atoms with van der Waals surface area (Å²) in [6, 6.07) is 3.72. The van der Waals surface area contributed by atoms with Crippen molar-refractivity contribution >= 4 is 0 Å². The van der Waals surface area contributed by atoms with Crippen LogP contribution < -0.4 is 0 Å². The fraction of sp³-hybridized carbons (Fsp3) is 0.308. The SMILES string of the molecule is CC(C)(O)Cn1cc(-c2c(F)cccc2F)cn1. The minimum absolute atomic E-state index is 0.0977. The van der Waals surface area contributed by atoms with Gasteiger partial charge in [-0.25, -0.2) is 8.78 Å². The number of benzene rings is 1. The first-order valence-electron chi connectivity index (χ1n) is 5.56. The third-order valence-electron chi connectivity index (χ3n) is 2.43. The van der Waals surface area contributed by atoms with Crippen LogP contribution in [0.25, 0.3) is 11.1 Å². The van der Waals surface area contributed by atoms with E-state index in [4.69, 9.17) is 0 Å². The summed E-state index contributed by atoms with van der Waals surface area (Å²) >= 11 is 0. The van der Waals surface area contributed by atoms with Gasteiger partial charge in [0.2, 0.25) is 0 Å². The maximum Gasteiger partial charge on any atom is 0.134 e. The molecule has 2 rings (SSSR count). The van der Waals surface area contributed by atoms with E-state index in [0.29, 0.717) is 5.56 Å². The number of halogens is 2. The molecule has 0 amide bonds. The third kappa shape index (κ3) is 2.73. The van der Waals surface area contributed by atoms with Crippen LogP contribution in [0, 0.1) is 11.6 Å². The molecule has 1 N–H and O–H groups in total. The first-order valence-corrected chi connectivity index (χ1v) is 5.56. The Morgan fingerprint density at radius 2 is 1.89 bits per heavy atom. The molecular weight excluding hydrogens is 238 g/mol. The van der Waals surface area contributed by atoms with E-state index in [2.05, 4.69) is 5.10 Å². The predicted octanol–water partition coefficient (Wildman–Crippen LogP) is 2.60. The summed E-state index contributed by atoms with van der Waals surface area (Å²) in [6.45, 7) is 3.53. The van der Waals surface area contributed by atoms with Gasteiger partial charge in [-0.2, -0.15) is 5.10 Å². The van der Waals surface area contributed by atoms with Crippen molar-refractivity contribution in [3.8, 4) is 11.1 Å². The van der Waals surface area contributed by atoms with Crippen LogP contribution in [0.3, 0.4) is 0 Å². The molecule has 0 saturated heterocycles. The molecule has 1 aromatic carbocycles. The number of hydrogen-bond acceptors (Lipinski definition) is 2. The smallest absolute Gasteiger partial charge is 0.134 e. The predicted molar refractivity (Wildman–Crippen MR) is 63.9 cm³/mol. The third-order valence-corrected chi connectivity index (χ3v) is 2.43. The van der Waals surface area contributed by atoms with Crippen molar-refractivity contribution in [1.82, 2.24) is 9.78 Å². The molecule has 0 saturated carbocycles. The lowest BCUT2D eigenvalue weighted by Crippen LogP contribution is -2.26. The van der Waals surface area contributed by atoms with Crippen LogP contribution in [0.1, 0.15) is 13.8 Å². The Balaban J connectivity index is 2.36. The number of aliphatic hydroxyl groups is 1. The summed E-state index contributed by atoms with van der Waals surface area (Å²) in [6.07, 6.45) is 2.90. The Morgan fingerprint density at radius 1 is 1.28 bits per heavy atom. The van der Waals surface area contributed by atoms with Crippen LogP contribution in [-0.4, -0.2) is 20.5 Å². The van der Waals surface area contributed by atoms with Crippen LogP contribution >= 0.6 is 0 Å². The first-order chi connectivity index (χ1) is 8.37. The maximum atomic E-state index is 13.6. The minimum Gasteiger partial charge on any atom is -0.389 e. The van der Waals surface area contributed by atoms with Gasteiger partial charge < -0.3 is 5.11 Å². The molecule has 0 radical (unpaired) electrons. The van der Waals surface area contributed by atoms with Crippen molar-refractivity contribution < 1.29 is 13.9 Å². The summed E-state index contributed by atoms with van der Waals surface area (Å²) in [5.74, 6) is -1.25. The van der Waals surface area contributed by atoms with Gasteiger partial charge in [0.25, 0.3) is 0 Å².